The molecule has 1 rings (SSSR count). The maximum atomic E-state index is 11.6. The predicted molar refractivity (Wildman–Crippen MR) is 56.9 cm³/mol. The van der Waals surface area contributed by atoms with E-state index < -0.39 is 5.97 Å². The van der Waals surface area contributed by atoms with Gasteiger partial charge in [0.15, 0.2) is 0 Å². The van der Waals surface area contributed by atoms with Crippen molar-refractivity contribution in [1.29, 1.82) is 0 Å². The topological polar surface area (TPSA) is 75.6 Å². The molecule has 0 aliphatic carbocycles. The number of hydrogen-bond acceptors (Lipinski definition) is 4. The fourth-order valence-electron chi connectivity index (χ4n) is 1.34. The smallest absolute Gasteiger partial charge is 0.346 e. The second kappa shape index (κ2) is 5.87. The lowest BCUT2D eigenvalue weighted by Crippen LogP contribution is -2.24. The van der Waals surface area contributed by atoms with Gasteiger partial charge in [0.1, 0.15) is 0 Å². The van der Waals surface area contributed by atoms with Crippen LogP contribution in [0.3, 0.4) is 0 Å². The van der Waals surface area contributed by atoms with Crippen LogP contribution in [0.5, 0.6) is 0 Å². The molecule has 0 saturated heterocycles. The monoisotopic (exact) mass is 223 g/mol. The molecule has 86 valence electrons. The van der Waals surface area contributed by atoms with Crippen LogP contribution in [0.1, 0.15) is 22.8 Å². The highest BCUT2D eigenvalue weighted by Crippen LogP contribution is 2.10. The Bertz CT molecular complexity index is 389. The van der Waals surface area contributed by atoms with Gasteiger partial charge in [0.25, 0.3) is 5.91 Å². The van der Waals surface area contributed by atoms with Gasteiger partial charge in [0.2, 0.25) is 0 Å². The minimum atomic E-state index is -0.795. The molecule has 0 unspecified atom stereocenters. The number of carbonyl (C=O) groups excluding carboxylic acids is 2. The summed E-state index contributed by atoms with van der Waals surface area (Å²) in [7, 11) is 0. The van der Waals surface area contributed by atoms with Crippen molar-refractivity contribution < 1.29 is 19.7 Å². The van der Waals surface area contributed by atoms with Gasteiger partial charge in [-0.2, -0.15) is 5.26 Å². The Morgan fingerprint density at radius 3 is 2.69 bits per heavy atom. The van der Waals surface area contributed by atoms with Gasteiger partial charge in [-0.15, -0.1) is 0 Å². The number of hydrogen-bond donors (Lipinski definition) is 2. The Labute approximate surface area is 93.0 Å². The summed E-state index contributed by atoms with van der Waals surface area (Å²) < 4.78 is 0. The van der Waals surface area contributed by atoms with Gasteiger partial charge in [0.05, 0.1) is 6.42 Å². The van der Waals surface area contributed by atoms with E-state index >= 15 is 0 Å². The van der Waals surface area contributed by atoms with Crippen molar-refractivity contribution in [1.82, 2.24) is 5.32 Å². The van der Waals surface area contributed by atoms with Gasteiger partial charge >= 0.3 is 5.97 Å². The number of carbonyl (C=O) groups is 2. The summed E-state index contributed by atoms with van der Waals surface area (Å²) in [5, 5.41) is 10.8. The molecule has 0 spiro atoms. The van der Waals surface area contributed by atoms with Crippen molar-refractivity contribution in [2.75, 3.05) is 6.54 Å². The van der Waals surface area contributed by atoms with Crippen LogP contribution in [-0.4, -0.2) is 23.7 Å². The third-order valence-electron chi connectivity index (χ3n) is 2.04. The molecule has 0 saturated carbocycles. The molecule has 16 heavy (non-hydrogen) atoms. The molecule has 0 bridgehead atoms. The molecule has 0 atom stereocenters. The van der Waals surface area contributed by atoms with Gasteiger partial charge < -0.3 is 10.2 Å². The van der Waals surface area contributed by atoms with E-state index in [9.17, 15) is 9.59 Å². The summed E-state index contributed by atoms with van der Waals surface area (Å²) >= 11 is 0. The molecule has 0 heterocycles. The van der Waals surface area contributed by atoms with Crippen LogP contribution < -0.4 is 5.32 Å². The van der Waals surface area contributed by atoms with Crippen molar-refractivity contribution in [3.05, 3.63) is 35.4 Å². The predicted octanol–water partition coefficient (Wildman–Crippen LogP) is 0.995. The number of rotatable bonds is 4. The molecular weight excluding hydrogens is 210 g/mol. The van der Waals surface area contributed by atoms with E-state index in [-0.39, 0.29) is 12.3 Å². The van der Waals surface area contributed by atoms with E-state index in [1.54, 1.807) is 24.3 Å². The van der Waals surface area contributed by atoms with Crippen LogP contribution >= 0.6 is 0 Å². The number of amides is 1. The van der Waals surface area contributed by atoms with Crippen molar-refractivity contribution in [2.24, 2.45) is 0 Å². The maximum Gasteiger partial charge on any atom is 0.346 e. The first kappa shape index (κ1) is 12.2. The average molecular weight is 223 g/mol. The third-order valence-corrected chi connectivity index (χ3v) is 2.04. The van der Waals surface area contributed by atoms with Gasteiger partial charge in [-0.3, -0.25) is 4.79 Å². The third kappa shape index (κ3) is 3.06. The fourth-order valence-corrected chi connectivity index (χ4v) is 1.34. The Morgan fingerprint density at radius 1 is 1.38 bits per heavy atom. The van der Waals surface area contributed by atoms with Gasteiger partial charge in [-0.1, -0.05) is 18.2 Å². The van der Waals surface area contributed by atoms with Gasteiger partial charge in [-0.25, -0.2) is 4.79 Å². The summed E-state index contributed by atoms with van der Waals surface area (Å²) in [5.74, 6) is -1.04. The van der Waals surface area contributed by atoms with Gasteiger partial charge in [0, 0.05) is 12.1 Å². The van der Waals surface area contributed by atoms with Crippen LogP contribution in [0.25, 0.3) is 0 Å². The van der Waals surface area contributed by atoms with E-state index in [2.05, 4.69) is 10.2 Å². The second-order valence-electron chi connectivity index (χ2n) is 3.16. The second-order valence-corrected chi connectivity index (χ2v) is 3.16. The minimum Gasteiger partial charge on any atom is -0.352 e. The zero-order valence-corrected chi connectivity index (χ0v) is 8.90. The summed E-state index contributed by atoms with van der Waals surface area (Å²) in [5.41, 5.74) is 0.933. The minimum absolute atomic E-state index is 0.135. The first-order chi connectivity index (χ1) is 7.69. The highest BCUT2D eigenvalue weighted by Gasteiger charge is 2.13. The Morgan fingerprint density at radius 2 is 2.06 bits per heavy atom. The largest absolute Gasteiger partial charge is 0.352 e. The van der Waals surface area contributed by atoms with Crippen LogP contribution in [0.15, 0.2) is 24.3 Å². The lowest BCUT2D eigenvalue weighted by atomic mass is 10.0. The first-order valence-electron chi connectivity index (χ1n) is 4.89. The summed E-state index contributed by atoms with van der Waals surface area (Å²) in [4.78, 5) is 26.1. The summed E-state index contributed by atoms with van der Waals surface area (Å²) in [6.07, 6.45) is -0.135. The first-order valence-corrected chi connectivity index (χ1v) is 4.89. The Kier molecular flexibility index (Phi) is 4.47. The van der Waals surface area contributed by atoms with Crippen molar-refractivity contribution in [3.8, 4) is 0 Å². The molecule has 1 aromatic rings. The van der Waals surface area contributed by atoms with Crippen LogP contribution in [0.4, 0.5) is 0 Å². The molecule has 1 amide bonds. The van der Waals surface area contributed by atoms with Crippen LogP contribution in [0.2, 0.25) is 0 Å². The number of benzene rings is 1. The molecule has 0 aromatic heterocycles. The molecular formula is C11H13NO4. The molecule has 2 N–H and O–H groups in total. The number of nitrogens with one attached hydrogen (secondary N) is 1. The molecule has 1 aromatic carbocycles. The SMILES string of the molecule is CCNC(=O)c1ccccc1CC(=O)OO. The summed E-state index contributed by atoms with van der Waals surface area (Å²) in [6.45, 7) is 2.32. The average Bonchev–Trinajstić information content (AvgIpc) is 2.30. The maximum absolute atomic E-state index is 11.6. The van der Waals surface area contributed by atoms with E-state index in [4.69, 9.17) is 5.26 Å². The summed E-state index contributed by atoms with van der Waals surface area (Å²) in [6, 6.07) is 6.67. The van der Waals surface area contributed by atoms with E-state index in [1.165, 1.54) is 0 Å². The standard InChI is InChI=1S/C11H13NO4/c1-2-12-11(14)9-6-4-3-5-8(9)7-10(13)16-15/h3-6,15H,2,7H2,1H3,(H,12,14). The Balaban J connectivity index is 2.91. The highest BCUT2D eigenvalue weighted by molar-refractivity contribution is 5.96. The van der Waals surface area contributed by atoms with Crippen LogP contribution in [-0.2, 0) is 16.1 Å². The lowest BCUT2D eigenvalue weighted by Gasteiger charge is -2.07. The molecule has 0 aliphatic rings. The van der Waals surface area contributed by atoms with E-state index in [0.717, 1.165) is 0 Å². The Hall–Kier alpha value is -1.88. The zero-order chi connectivity index (χ0) is 12.0. The lowest BCUT2D eigenvalue weighted by molar-refractivity contribution is -0.233. The quantitative estimate of drug-likeness (QED) is 0.589. The van der Waals surface area contributed by atoms with Crippen molar-refractivity contribution in [2.45, 2.75) is 13.3 Å². The normalized spacial score (nSPS) is 9.62. The molecule has 0 aliphatic heterocycles. The zero-order valence-electron chi connectivity index (χ0n) is 8.90. The molecule has 5 nitrogen and oxygen atoms in total. The van der Waals surface area contributed by atoms with Gasteiger partial charge in [-0.05, 0) is 18.6 Å². The molecule has 5 heteroatoms. The molecule has 0 fully saturated rings. The van der Waals surface area contributed by atoms with Crippen LogP contribution in [0, 0.1) is 0 Å². The highest BCUT2D eigenvalue weighted by atomic mass is 17.1. The van der Waals surface area contributed by atoms with Crippen molar-refractivity contribution >= 4 is 11.9 Å². The van der Waals surface area contributed by atoms with Crippen molar-refractivity contribution in [3.63, 3.8) is 0 Å². The van der Waals surface area contributed by atoms with E-state index in [1.807, 2.05) is 6.92 Å². The van der Waals surface area contributed by atoms with E-state index in [0.29, 0.717) is 17.7 Å². The molecule has 0 radical (unpaired) electrons. The fraction of sp³-hybridized carbons (Fsp3) is 0.273.